The predicted molar refractivity (Wildman–Crippen MR) is 65.1 cm³/mol. The first-order valence-corrected chi connectivity index (χ1v) is 5.77. The van der Waals surface area contributed by atoms with Gasteiger partial charge in [0.1, 0.15) is 0 Å². The third kappa shape index (κ3) is 4.12. The molecule has 0 amide bonds. The molecule has 0 N–H and O–H groups in total. The Morgan fingerprint density at radius 2 is 1.33 bits per heavy atom. The van der Waals surface area contributed by atoms with E-state index < -0.39 is 0 Å². The van der Waals surface area contributed by atoms with Crippen LogP contribution in [0.3, 0.4) is 0 Å². The number of hydrogen-bond donors (Lipinski definition) is 0. The van der Waals surface area contributed by atoms with Crippen molar-refractivity contribution in [1.29, 1.82) is 0 Å². The summed E-state index contributed by atoms with van der Waals surface area (Å²) in [5.74, 6) is 0.662. The molecule has 2 heteroatoms. The molecule has 0 aliphatic heterocycles. The van der Waals surface area contributed by atoms with Gasteiger partial charge in [-0.1, -0.05) is 34.6 Å². The van der Waals surface area contributed by atoms with Crippen LogP contribution in [0.25, 0.3) is 0 Å². The summed E-state index contributed by atoms with van der Waals surface area (Å²) >= 11 is 0. The van der Waals surface area contributed by atoms with Crippen LogP contribution in [-0.4, -0.2) is 27.4 Å². The van der Waals surface area contributed by atoms with Crippen LogP contribution >= 0.6 is 0 Å². The Labute approximate surface area is 95.3 Å². The van der Waals surface area contributed by atoms with Crippen LogP contribution in [0.5, 0.6) is 0 Å². The van der Waals surface area contributed by atoms with Gasteiger partial charge in [-0.05, 0) is 17.8 Å². The summed E-state index contributed by atoms with van der Waals surface area (Å²) < 4.78 is 10.8. The first-order valence-electron chi connectivity index (χ1n) is 5.77. The number of hydrogen-bond acceptors (Lipinski definition) is 2. The maximum Gasteiger partial charge on any atom is 0.0545 e. The zero-order valence-corrected chi connectivity index (χ0v) is 11.5. The molecule has 0 heterocycles. The van der Waals surface area contributed by atoms with Crippen LogP contribution in [0.15, 0.2) is 0 Å². The van der Waals surface area contributed by atoms with Gasteiger partial charge in [-0.25, -0.2) is 0 Å². The van der Waals surface area contributed by atoms with Gasteiger partial charge >= 0.3 is 0 Å². The van der Waals surface area contributed by atoms with Gasteiger partial charge in [0.15, 0.2) is 0 Å². The van der Waals surface area contributed by atoms with Crippen LogP contribution in [-0.2, 0) is 9.47 Å². The third-order valence-electron chi connectivity index (χ3n) is 3.23. The molecule has 92 valence electrons. The fourth-order valence-electron chi connectivity index (χ4n) is 2.23. The normalized spacial score (nSPS) is 13.6. The molecular formula is C13H28O2. The number of methoxy groups -OCH3 is 2. The summed E-state index contributed by atoms with van der Waals surface area (Å²) in [4.78, 5) is 0. The predicted octanol–water partition coefficient (Wildman–Crippen LogP) is 3.36. The fraction of sp³-hybridized carbons (Fsp3) is 1.00. The van der Waals surface area contributed by atoms with E-state index in [4.69, 9.17) is 9.47 Å². The summed E-state index contributed by atoms with van der Waals surface area (Å²) in [5.41, 5.74) is 0.313. The molecule has 0 aromatic carbocycles. The van der Waals surface area contributed by atoms with E-state index in [1.165, 1.54) is 0 Å². The zero-order valence-electron chi connectivity index (χ0n) is 11.5. The molecule has 15 heavy (non-hydrogen) atoms. The van der Waals surface area contributed by atoms with E-state index in [9.17, 15) is 0 Å². The lowest BCUT2D eigenvalue weighted by Gasteiger charge is -2.45. The largest absolute Gasteiger partial charge is 0.384 e. The lowest BCUT2D eigenvalue weighted by Crippen LogP contribution is -2.44. The Balaban J connectivity index is 4.89. The highest BCUT2D eigenvalue weighted by Gasteiger charge is 2.42. The highest BCUT2D eigenvalue weighted by molar-refractivity contribution is 4.91. The molecule has 0 atom stereocenters. The van der Waals surface area contributed by atoms with Crippen molar-refractivity contribution in [3.8, 4) is 0 Å². The molecule has 0 saturated heterocycles. The van der Waals surface area contributed by atoms with Crippen molar-refractivity contribution in [1.82, 2.24) is 0 Å². The molecule has 0 aliphatic rings. The van der Waals surface area contributed by atoms with Crippen LogP contribution in [0.2, 0.25) is 0 Å². The van der Waals surface area contributed by atoms with Crippen molar-refractivity contribution in [3.05, 3.63) is 0 Å². The smallest absolute Gasteiger partial charge is 0.0545 e. The molecule has 0 unspecified atom stereocenters. The Hall–Kier alpha value is -0.0800. The van der Waals surface area contributed by atoms with Crippen molar-refractivity contribution in [2.24, 2.45) is 16.7 Å². The van der Waals surface area contributed by atoms with E-state index in [0.717, 1.165) is 19.6 Å². The second-order valence-corrected chi connectivity index (χ2v) is 5.99. The Bertz CT molecular complexity index is 162. The summed E-state index contributed by atoms with van der Waals surface area (Å²) in [6.45, 7) is 12.9. The van der Waals surface area contributed by atoms with Gasteiger partial charge in [-0.15, -0.1) is 0 Å². The molecule has 0 saturated carbocycles. The van der Waals surface area contributed by atoms with E-state index in [0.29, 0.717) is 5.92 Å². The molecule has 0 bridgehead atoms. The number of rotatable bonds is 6. The average molecular weight is 216 g/mol. The molecule has 0 spiro atoms. The standard InChI is InChI=1S/C13H28O2/c1-11(2)8-13(9-14-6,10-15-7)12(3,4)5/h11H,8-10H2,1-7H3. The lowest BCUT2D eigenvalue weighted by atomic mass is 9.63. The van der Waals surface area contributed by atoms with Crippen molar-refractivity contribution >= 4 is 0 Å². The van der Waals surface area contributed by atoms with E-state index in [1.807, 2.05) is 0 Å². The van der Waals surface area contributed by atoms with Gasteiger partial charge in [-0.2, -0.15) is 0 Å². The molecule has 0 fully saturated rings. The minimum absolute atomic E-state index is 0.116. The van der Waals surface area contributed by atoms with E-state index in [-0.39, 0.29) is 10.8 Å². The summed E-state index contributed by atoms with van der Waals surface area (Å²) in [6, 6.07) is 0. The number of ether oxygens (including phenoxy) is 2. The van der Waals surface area contributed by atoms with E-state index in [2.05, 4.69) is 34.6 Å². The van der Waals surface area contributed by atoms with Crippen molar-refractivity contribution in [3.63, 3.8) is 0 Å². The molecule has 0 aromatic rings. The van der Waals surface area contributed by atoms with Crippen LogP contribution in [0, 0.1) is 16.7 Å². The highest BCUT2D eigenvalue weighted by atomic mass is 16.5. The van der Waals surface area contributed by atoms with Gasteiger partial charge in [0.25, 0.3) is 0 Å². The maximum atomic E-state index is 5.41. The first-order chi connectivity index (χ1) is 6.79. The van der Waals surface area contributed by atoms with Gasteiger partial charge in [-0.3, -0.25) is 0 Å². The Morgan fingerprint density at radius 1 is 0.933 bits per heavy atom. The summed E-state index contributed by atoms with van der Waals surface area (Å²) in [6.07, 6.45) is 1.14. The Morgan fingerprint density at radius 3 is 1.53 bits per heavy atom. The van der Waals surface area contributed by atoms with Crippen LogP contribution < -0.4 is 0 Å². The topological polar surface area (TPSA) is 18.5 Å². The van der Waals surface area contributed by atoms with Gasteiger partial charge in [0.2, 0.25) is 0 Å². The average Bonchev–Trinajstić information content (AvgIpc) is 2.01. The minimum Gasteiger partial charge on any atom is -0.384 e. The summed E-state index contributed by atoms with van der Waals surface area (Å²) in [5, 5.41) is 0. The maximum absolute atomic E-state index is 5.41. The summed E-state index contributed by atoms with van der Waals surface area (Å²) in [7, 11) is 3.55. The van der Waals surface area contributed by atoms with E-state index >= 15 is 0 Å². The van der Waals surface area contributed by atoms with Crippen molar-refractivity contribution in [2.75, 3.05) is 27.4 Å². The van der Waals surface area contributed by atoms with Crippen molar-refractivity contribution in [2.45, 2.75) is 41.0 Å². The quantitative estimate of drug-likeness (QED) is 0.678. The van der Waals surface area contributed by atoms with Crippen molar-refractivity contribution < 1.29 is 9.47 Å². The fourth-order valence-corrected chi connectivity index (χ4v) is 2.23. The van der Waals surface area contributed by atoms with Gasteiger partial charge in [0, 0.05) is 19.6 Å². The Kier molecular flexibility index (Phi) is 5.82. The van der Waals surface area contributed by atoms with Crippen LogP contribution in [0.4, 0.5) is 0 Å². The third-order valence-corrected chi connectivity index (χ3v) is 3.23. The highest BCUT2D eigenvalue weighted by Crippen LogP contribution is 2.44. The molecule has 2 nitrogen and oxygen atoms in total. The van der Waals surface area contributed by atoms with Gasteiger partial charge < -0.3 is 9.47 Å². The zero-order chi connectivity index (χ0) is 12.1. The first kappa shape index (κ1) is 14.9. The monoisotopic (exact) mass is 216 g/mol. The second kappa shape index (κ2) is 5.86. The molecule has 0 rings (SSSR count). The van der Waals surface area contributed by atoms with Gasteiger partial charge in [0.05, 0.1) is 13.2 Å². The SMILES string of the molecule is COCC(COC)(CC(C)C)C(C)(C)C. The molecule has 0 aliphatic carbocycles. The second-order valence-electron chi connectivity index (χ2n) is 5.99. The molecular weight excluding hydrogens is 188 g/mol. The minimum atomic E-state index is 0.116. The lowest BCUT2D eigenvalue weighted by molar-refractivity contribution is -0.0726. The van der Waals surface area contributed by atoms with Crippen LogP contribution in [0.1, 0.15) is 41.0 Å². The molecule has 0 aromatic heterocycles. The molecule has 0 radical (unpaired) electrons. The van der Waals surface area contributed by atoms with E-state index in [1.54, 1.807) is 14.2 Å².